The minimum atomic E-state index is -0.528. The van der Waals surface area contributed by atoms with E-state index in [9.17, 15) is 9.59 Å². The van der Waals surface area contributed by atoms with Gasteiger partial charge in [-0.05, 0) is 6.42 Å². The van der Waals surface area contributed by atoms with Crippen molar-refractivity contribution in [2.45, 2.75) is 77.6 Å². The number of ether oxygens (including phenoxy) is 1. The van der Waals surface area contributed by atoms with Gasteiger partial charge in [-0.15, -0.1) is 0 Å². The van der Waals surface area contributed by atoms with Crippen LogP contribution in [0.25, 0.3) is 0 Å². The molecule has 0 heterocycles. The van der Waals surface area contributed by atoms with E-state index in [1.54, 1.807) is 0 Å². The van der Waals surface area contributed by atoms with Crippen LogP contribution in [0.3, 0.4) is 0 Å². The van der Waals surface area contributed by atoms with Crippen molar-refractivity contribution in [3.8, 4) is 0 Å². The first-order chi connectivity index (χ1) is 9.70. The van der Waals surface area contributed by atoms with E-state index in [2.05, 4.69) is 11.7 Å². The van der Waals surface area contributed by atoms with Crippen LogP contribution in [-0.4, -0.2) is 30.1 Å². The van der Waals surface area contributed by atoms with Crippen molar-refractivity contribution in [1.29, 1.82) is 0 Å². The predicted octanol–water partition coefficient (Wildman–Crippen LogP) is 0.519. The first-order valence-corrected chi connectivity index (χ1v) is 7.99. The summed E-state index contributed by atoms with van der Waals surface area (Å²) in [6.45, 7) is 2.00. The van der Waals surface area contributed by atoms with Gasteiger partial charge < -0.3 is 11.3 Å². The number of aliphatic hydroxyl groups excluding tert-OH is 1. The summed E-state index contributed by atoms with van der Waals surface area (Å²) in [5.74, 6) is -0.587. The fraction of sp³-hybridized carbons (Fsp3) is 0.875. The normalized spacial score (nSPS) is 10.0. The van der Waals surface area contributed by atoms with Crippen LogP contribution in [0.1, 0.15) is 79.0 Å². The number of carbonyl (C=O) groups is 2. The average Bonchev–Trinajstić information content (AvgIpc) is 2.43. The molecule has 21 heavy (non-hydrogen) atoms. The predicted molar refractivity (Wildman–Crippen MR) is 80.6 cm³/mol. The molecule has 0 saturated heterocycles. The fourth-order valence-electron chi connectivity index (χ4n) is 2.09. The molecule has 0 aliphatic carbocycles. The third kappa shape index (κ3) is 18.1. The van der Waals surface area contributed by atoms with E-state index in [0.717, 1.165) is 12.8 Å². The molecule has 0 aromatic carbocycles. The Hall–Kier alpha value is 0.1000. The SMILES string of the molecule is CCCCCCCCCCCC(=O)CC(=O)OCCO.[H-].[Na+]. The van der Waals surface area contributed by atoms with Gasteiger partial charge in [0, 0.05) is 6.42 Å². The molecule has 5 heteroatoms. The van der Waals surface area contributed by atoms with Crippen molar-refractivity contribution in [3.05, 3.63) is 0 Å². The Morgan fingerprint density at radius 3 is 2.00 bits per heavy atom. The molecule has 0 saturated carbocycles. The fourth-order valence-corrected chi connectivity index (χ4v) is 2.09. The minimum Gasteiger partial charge on any atom is -1.00 e. The van der Waals surface area contributed by atoms with Crippen molar-refractivity contribution in [2.75, 3.05) is 13.2 Å². The molecule has 0 bridgehead atoms. The van der Waals surface area contributed by atoms with Crippen LogP contribution in [0.15, 0.2) is 0 Å². The van der Waals surface area contributed by atoms with E-state index in [1.807, 2.05) is 0 Å². The van der Waals surface area contributed by atoms with Gasteiger partial charge in [-0.3, -0.25) is 9.59 Å². The van der Waals surface area contributed by atoms with Gasteiger partial charge in [0.2, 0.25) is 0 Å². The topological polar surface area (TPSA) is 63.6 Å². The van der Waals surface area contributed by atoms with Crippen LogP contribution in [0.5, 0.6) is 0 Å². The number of hydrogen-bond donors (Lipinski definition) is 1. The van der Waals surface area contributed by atoms with Gasteiger partial charge >= 0.3 is 35.5 Å². The van der Waals surface area contributed by atoms with E-state index in [4.69, 9.17) is 5.11 Å². The average molecular weight is 310 g/mol. The molecule has 0 amide bonds. The summed E-state index contributed by atoms with van der Waals surface area (Å²) in [5, 5.41) is 8.48. The Bertz CT molecular complexity index is 263. The second-order valence-electron chi connectivity index (χ2n) is 5.24. The van der Waals surface area contributed by atoms with E-state index in [1.165, 1.54) is 44.9 Å². The van der Waals surface area contributed by atoms with Gasteiger partial charge in [0.05, 0.1) is 6.61 Å². The number of Topliss-reactive ketones (excluding diaryl/α,β-unsaturated/α-hetero) is 1. The second-order valence-corrected chi connectivity index (χ2v) is 5.24. The molecule has 0 rings (SSSR count). The van der Waals surface area contributed by atoms with Crippen molar-refractivity contribution in [3.63, 3.8) is 0 Å². The van der Waals surface area contributed by atoms with Gasteiger partial charge in [-0.2, -0.15) is 0 Å². The van der Waals surface area contributed by atoms with Gasteiger partial charge in [-0.25, -0.2) is 0 Å². The van der Waals surface area contributed by atoms with Gasteiger partial charge in [0.15, 0.2) is 0 Å². The summed E-state index contributed by atoms with van der Waals surface area (Å²) in [6, 6.07) is 0. The summed E-state index contributed by atoms with van der Waals surface area (Å²) in [5.41, 5.74) is 0. The van der Waals surface area contributed by atoms with Crippen LogP contribution in [0.4, 0.5) is 0 Å². The monoisotopic (exact) mass is 310 g/mol. The zero-order chi connectivity index (χ0) is 15.1. The summed E-state index contributed by atoms with van der Waals surface area (Å²) in [7, 11) is 0. The molecule has 1 N–H and O–H groups in total. The number of aliphatic hydroxyl groups is 1. The Kier molecular flexibility index (Phi) is 20.2. The van der Waals surface area contributed by atoms with E-state index < -0.39 is 5.97 Å². The van der Waals surface area contributed by atoms with Crippen LogP contribution in [0, 0.1) is 0 Å². The van der Waals surface area contributed by atoms with E-state index >= 15 is 0 Å². The number of carbonyl (C=O) groups excluding carboxylic acids is 2. The standard InChI is InChI=1S/C16H30O4.Na.H/c1-2-3-4-5-6-7-8-9-10-11-15(18)14-16(19)20-13-12-17;;/h17H,2-14H2,1H3;;/q;+1;-1. The number of ketones is 1. The molecule has 0 aliphatic rings. The van der Waals surface area contributed by atoms with Gasteiger partial charge in [0.25, 0.3) is 0 Å². The molecular weight excluding hydrogens is 279 g/mol. The maximum Gasteiger partial charge on any atom is 1.00 e. The number of unbranched alkanes of at least 4 members (excludes halogenated alkanes) is 8. The van der Waals surface area contributed by atoms with E-state index in [0.29, 0.717) is 6.42 Å². The molecule has 0 aliphatic heterocycles. The molecule has 0 aromatic rings. The minimum absolute atomic E-state index is 0. The molecule has 0 aromatic heterocycles. The van der Waals surface area contributed by atoms with Crippen molar-refractivity contribution >= 4 is 11.8 Å². The summed E-state index contributed by atoms with van der Waals surface area (Å²) in [6.07, 6.45) is 11.2. The summed E-state index contributed by atoms with van der Waals surface area (Å²) in [4.78, 5) is 22.6. The number of rotatable bonds is 14. The summed E-state index contributed by atoms with van der Waals surface area (Å²) >= 11 is 0. The molecule has 0 fully saturated rings. The first-order valence-electron chi connectivity index (χ1n) is 7.99. The Balaban J connectivity index is -0.00000180. The molecule has 0 unspecified atom stereocenters. The largest absolute Gasteiger partial charge is 1.00 e. The molecule has 0 radical (unpaired) electrons. The summed E-state index contributed by atoms with van der Waals surface area (Å²) < 4.78 is 4.64. The van der Waals surface area contributed by atoms with Crippen LogP contribution in [-0.2, 0) is 14.3 Å². The van der Waals surface area contributed by atoms with E-state index in [-0.39, 0.29) is 56.4 Å². The molecule has 4 nitrogen and oxygen atoms in total. The zero-order valence-corrected chi connectivity index (χ0v) is 15.9. The third-order valence-corrected chi connectivity index (χ3v) is 3.26. The number of esters is 1. The van der Waals surface area contributed by atoms with Crippen molar-refractivity contribution in [1.82, 2.24) is 0 Å². The van der Waals surface area contributed by atoms with Crippen molar-refractivity contribution < 1.29 is 50.4 Å². The van der Waals surface area contributed by atoms with Crippen LogP contribution < -0.4 is 29.6 Å². The zero-order valence-electron chi connectivity index (χ0n) is 14.9. The second kappa shape index (κ2) is 18.1. The Labute approximate surface area is 152 Å². The smallest absolute Gasteiger partial charge is 1.00 e. The maximum atomic E-state index is 11.5. The molecule has 0 atom stereocenters. The van der Waals surface area contributed by atoms with Crippen LogP contribution in [0.2, 0.25) is 0 Å². The van der Waals surface area contributed by atoms with Crippen molar-refractivity contribution in [2.24, 2.45) is 0 Å². The Morgan fingerprint density at radius 2 is 1.48 bits per heavy atom. The van der Waals surface area contributed by atoms with Crippen LogP contribution >= 0.6 is 0 Å². The maximum absolute atomic E-state index is 11.5. The molecular formula is C16H31NaO4. The van der Waals surface area contributed by atoms with Gasteiger partial charge in [0.1, 0.15) is 18.8 Å². The number of hydrogen-bond acceptors (Lipinski definition) is 4. The Morgan fingerprint density at radius 1 is 0.952 bits per heavy atom. The molecule has 0 spiro atoms. The third-order valence-electron chi connectivity index (χ3n) is 3.26. The molecule has 120 valence electrons. The van der Waals surface area contributed by atoms with Gasteiger partial charge in [-0.1, -0.05) is 58.3 Å². The first kappa shape index (κ1) is 23.4. The quantitative estimate of drug-likeness (QED) is 0.220.